The summed E-state index contributed by atoms with van der Waals surface area (Å²) in [6.07, 6.45) is 1.62. The van der Waals surface area contributed by atoms with Gasteiger partial charge in [-0.3, -0.25) is 15.1 Å². The third-order valence-electron chi connectivity index (χ3n) is 5.02. The number of rotatable bonds is 5. The molecule has 1 aromatic heterocycles. The number of thioether (sulfide) groups is 1. The van der Waals surface area contributed by atoms with Crippen LogP contribution in [-0.4, -0.2) is 30.4 Å². The third kappa shape index (κ3) is 3.98. The second kappa shape index (κ2) is 8.51. The van der Waals surface area contributed by atoms with Gasteiger partial charge in [0.1, 0.15) is 11.5 Å². The maximum absolute atomic E-state index is 13.0. The van der Waals surface area contributed by atoms with Crippen molar-refractivity contribution in [3.05, 3.63) is 70.8 Å². The SMILES string of the molecule is CCOC(=O)c1ccc(-c2ccc(C=C3SC(=N)N(c4ccc5c(c4)OCO5)C3=O)o2)cc1. The van der Waals surface area contributed by atoms with Crippen LogP contribution in [0.25, 0.3) is 17.4 Å². The molecule has 1 saturated heterocycles. The zero-order valence-corrected chi connectivity index (χ0v) is 18.3. The number of ether oxygens (including phenoxy) is 3. The number of hydrogen-bond donors (Lipinski definition) is 1. The summed E-state index contributed by atoms with van der Waals surface area (Å²) in [5.41, 5.74) is 1.78. The number of fused-ring (bicyclic) bond motifs is 1. The summed E-state index contributed by atoms with van der Waals surface area (Å²) in [4.78, 5) is 26.5. The average molecular weight is 462 g/mol. The Labute approximate surface area is 193 Å². The fraction of sp³-hybridized carbons (Fsp3) is 0.125. The number of amides is 1. The van der Waals surface area contributed by atoms with Crippen molar-refractivity contribution in [2.24, 2.45) is 0 Å². The van der Waals surface area contributed by atoms with E-state index in [4.69, 9.17) is 24.0 Å². The molecule has 0 spiro atoms. The van der Waals surface area contributed by atoms with Crippen molar-refractivity contribution in [3.63, 3.8) is 0 Å². The first-order chi connectivity index (χ1) is 16.0. The molecule has 8 nitrogen and oxygen atoms in total. The lowest BCUT2D eigenvalue weighted by Gasteiger charge is -2.14. The minimum absolute atomic E-state index is 0.0893. The van der Waals surface area contributed by atoms with Gasteiger partial charge in [0.15, 0.2) is 16.7 Å². The summed E-state index contributed by atoms with van der Waals surface area (Å²) in [5, 5.41) is 8.37. The minimum atomic E-state index is -0.375. The molecule has 33 heavy (non-hydrogen) atoms. The minimum Gasteiger partial charge on any atom is -0.462 e. The first-order valence-electron chi connectivity index (χ1n) is 10.1. The fourth-order valence-electron chi connectivity index (χ4n) is 3.45. The summed E-state index contributed by atoms with van der Waals surface area (Å²) in [7, 11) is 0. The smallest absolute Gasteiger partial charge is 0.338 e. The van der Waals surface area contributed by atoms with Crippen LogP contribution in [0.15, 0.2) is 63.9 Å². The molecule has 0 unspecified atom stereocenters. The highest BCUT2D eigenvalue weighted by molar-refractivity contribution is 8.19. The molecule has 3 heterocycles. The molecule has 1 amide bonds. The molecule has 2 aliphatic rings. The number of amidine groups is 1. The molecule has 1 fully saturated rings. The molecule has 2 aromatic carbocycles. The van der Waals surface area contributed by atoms with Crippen LogP contribution in [0.2, 0.25) is 0 Å². The van der Waals surface area contributed by atoms with Crippen molar-refractivity contribution >= 4 is 40.6 Å². The Hall–Kier alpha value is -3.98. The lowest BCUT2D eigenvalue weighted by Crippen LogP contribution is -2.28. The highest BCUT2D eigenvalue weighted by atomic mass is 32.2. The fourth-order valence-corrected chi connectivity index (χ4v) is 4.29. The molecule has 1 N–H and O–H groups in total. The van der Waals surface area contributed by atoms with Crippen LogP contribution in [0.5, 0.6) is 11.5 Å². The van der Waals surface area contributed by atoms with E-state index in [2.05, 4.69) is 0 Å². The predicted molar refractivity (Wildman–Crippen MR) is 123 cm³/mol. The van der Waals surface area contributed by atoms with Crippen LogP contribution in [0, 0.1) is 5.41 Å². The van der Waals surface area contributed by atoms with Gasteiger partial charge in [-0.15, -0.1) is 0 Å². The van der Waals surface area contributed by atoms with E-state index in [1.165, 1.54) is 4.90 Å². The topological polar surface area (TPSA) is 102 Å². The normalized spacial score (nSPS) is 16.0. The summed E-state index contributed by atoms with van der Waals surface area (Å²) >= 11 is 1.06. The molecule has 0 atom stereocenters. The van der Waals surface area contributed by atoms with E-state index < -0.39 is 0 Å². The summed E-state index contributed by atoms with van der Waals surface area (Å²) in [6, 6.07) is 15.6. The van der Waals surface area contributed by atoms with Gasteiger partial charge in [-0.25, -0.2) is 4.79 Å². The van der Waals surface area contributed by atoms with Crippen molar-refractivity contribution in [2.75, 3.05) is 18.3 Å². The molecule has 2 aliphatic heterocycles. The maximum atomic E-state index is 13.0. The Morgan fingerprint density at radius 3 is 2.70 bits per heavy atom. The van der Waals surface area contributed by atoms with Gasteiger partial charge in [0.05, 0.1) is 22.8 Å². The van der Waals surface area contributed by atoms with E-state index in [1.54, 1.807) is 67.6 Å². The van der Waals surface area contributed by atoms with Crippen LogP contribution in [0.1, 0.15) is 23.0 Å². The first-order valence-corrected chi connectivity index (χ1v) is 10.9. The molecule has 0 bridgehead atoms. The number of nitrogens with zero attached hydrogens (tertiary/aromatic N) is 1. The molecule has 0 aliphatic carbocycles. The standard InChI is InChI=1S/C24H18N2O6S/c1-2-29-23(28)15-5-3-14(4-6-15)18-10-8-17(32-18)12-21-22(27)26(24(25)33-21)16-7-9-19-20(11-16)31-13-30-19/h3-12,25H,2,13H2,1H3. The first kappa shape index (κ1) is 20.9. The van der Waals surface area contributed by atoms with Crippen LogP contribution in [0.4, 0.5) is 5.69 Å². The monoisotopic (exact) mass is 462 g/mol. The molecular formula is C24H18N2O6S. The van der Waals surface area contributed by atoms with Gasteiger partial charge in [0, 0.05) is 17.7 Å². The van der Waals surface area contributed by atoms with Crippen LogP contribution in [-0.2, 0) is 9.53 Å². The van der Waals surface area contributed by atoms with Crippen molar-refractivity contribution < 1.29 is 28.2 Å². The maximum Gasteiger partial charge on any atom is 0.338 e. The Bertz CT molecular complexity index is 1290. The Morgan fingerprint density at radius 2 is 1.91 bits per heavy atom. The second-order valence-electron chi connectivity index (χ2n) is 7.09. The highest BCUT2D eigenvalue weighted by Gasteiger charge is 2.34. The Morgan fingerprint density at radius 1 is 1.12 bits per heavy atom. The van der Waals surface area contributed by atoms with Gasteiger partial charge in [0.25, 0.3) is 5.91 Å². The van der Waals surface area contributed by atoms with E-state index in [-0.39, 0.29) is 23.8 Å². The molecule has 5 rings (SSSR count). The van der Waals surface area contributed by atoms with Gasteiger partial charge in [0.2, 0.25) is 6.79 Å². The number of carbonyl (C=O) groups excluding carboxylic acids is 2. The van der Waals surface area contributed by atoms with Crippen molar-refractivity contribution in [2.45, 2.75) is 6.92 Å². The van der Waals surface area contributed by atoms with Crippen molar-refractivity contribution in [1.82, 2.24) is 0 Å². The van der Waals surface area contributed by atoms with Gasteiger partial charge in [-0.1, -0.05) is 12.1 Å². The molecule has 3 aromatic rings. The number of carbonyl (C=O) groups is 2. The van der Waals surface area contributed by atoms with Gasteiger partial charge < -0.3 is 18.6 Å². The molecule has 166 valence electrons. The van der Waals surface area contributed by atoms with E-state index in [0.29, 0.717) is 45.8 Å². The molecular weight excluding hydrogens is 444 g/mol. The summed E-state index contributed by atoms with van der Waals surface area (Å²) < 4.78 is 21.6. The molecule has 0 saturated carbocycles. The zero-order valence-electron chi connectivity index (χ0n) is 17.5. The van der Waals surface area contributed by atoms with Crippen LogP contribution in [0.3, 0.4) is 0 Å². The van der Waals surface area contributed by atoms with Crippen molar-refractivity contribution in [3.8, 4) is 22.8 Å². The largest absolute Gasteiger partial charge is 0.462 e. The summed E-state index contributed by atoms with van der Waals surface area (Å²) in [6.45, 7) is 2.21. The van der Waals surface area contributed by atoms with Gasteiger partial charge in [-0.2, -0.15) is 0 Å². The number of hydrogen-bond acceptors (Lipinski definition) is 8. The van der Waals surface area contributed by atoms with Crippen LogP contribution < -0.4 is 14.4 Å². The van der Waals surface area contributed by atoms with Crippen LogP contribution >= 0.6 is 11.8 Å². The number of furan rings is 1. The number of benzene rings is 2. The summed E-state index contributed by atoms with van der Waals surface area (Å²) in [5.74, 6) is 1.53. The second-order valence-corrected chi connectivity index (χ2v) is 8.12. The zero-order chi connectivity index (χ0) is 22.9. The Kier molecular flexibility index (Phi) is 5.39. The van der Waals surface area contributed by atoms with Gasteiger partial charge in [-0.05, 0) is 55.1 Å². The predicted octanol–water partition coefficient (Wildman–Crippen LogP) is 4.91. The number of anilines is 1. The third-order valence-corrected chi connectivity index (χ3v) is 5.91. The van der Waals surface area contributed by atoms with Gasteiger partial charge >= 0.3 is 5.97 Å². The Balaban J connectivity index is 1.35. The van der Waals surface area contributed by atoms with Crippen molar-refractivity contribution in [1.29, 1.82) is 5.41 Å². The molecule has 9 heteroatoms. The number of nitrogens with one attached hydrogen (secondary N) is 1. The molecule has 0 radical (unpaired) electrons. The van der Waals surface area contributed by atoms with E-state index in [0.717, 1.165) is 17.3 Å². The lowest BCUT2D eigenvalue weighted by molar-refractivity contribution is -0.113. The highest BCUT2D eigenvalue weighted by Crippen LogP contribution is 2.40. The average Bonchev–Trinajstić information content (AvgIpc) is 3.53. The van der Waals surface area contributed by atoms with E-state index in [1.807, 2.05) is 0 Å². The lowest BCUT2D eigenvalue weighted by atomic mass is 10.1. The number of esters is 1. The quantitative estimate of drug-likeness (QED) is 0.425. The van der Waals surface area contributed by atoms with E-state index in [9.17, 15) is 9.59 Å². The van der Waals surface area contributed by atoms with E-state index >= 15 is 0 Å².